The lowest BCUT2D eigenvalue weighted by Crippen LogP contribution is -2.23. The largest absolute Gasteiger partial charge is 0.384 e. The molecule has 0 bridgehead atoms. The lowest BCUT2D eigenvalue weighted by atomic mass is 9.94. The minimum atomic E-state index is -0.953. The van der Waals surface area contributed by atoms with Crippen molar-refractivity contribution >= 4 is 11.6 Å². The zero-order valence-electron chi connectivity index (χ0n) is 10.3. The Balaban J connectivity index is 2.09. The molecule has 0 heterocycles. The summed E-state index contributed by atoms with van der Waals surface area (Å²) in [5.41, 5.74) is 5.16. The Morgan fingerprint density at radius 1 is 1.11 bits per heavy atom. The SMILES string of the molecule is C[C@@](O)(CCl)c1ccc2c(c1)Cc1ccccc1-2. The Labute approximate surface area is 112 Å². The molecule has 0 unspecified atom stereocenters. The average Bonchev–Trinajstić information content (AvgIpc) is 2.76. The molecule has 0 saturated carbocycles. The van der Waals surface area contributed by atoms with E-state index in [1.54, 1.807) is 6.92 Å². The Morgan fingerprint density at radius 3 is 2.61 bits per heavy atom. The molecule has 0 radical (unpaired) electrons. The second-order valence-electron chi connectivity index (χ2n) is 5.11. The maximum absolute atomic E-state index is 10.2. The molecule has 1 atom stereocenters. The fourth-order valence-electron chi connectivity index (χ4n) is 2.56. The van der Waals surface area contributed by atoms with Gasteiger partial charge in [0, 0.05) is 0 Å². The van der Waals surface area contributed by atoms with Crippen LogP contribution in [0.15, 0.2) is 42.5 Å². The number of rotatable bonds is 2. The lowest BCUT2D eigenvalue weighted by Gasteiger charge is -2.21. The summed E-state index contributed by atoms with van der Waals surface area (Å²) in [5.74, 6) is 0.207. The number of halogens is 1. The van der Waals surface area contributed by atoms with E-state index in [0.717, 1.165) is 12.0 Å². The van der Waals surface area contributed by atoms with Crippen molar-refractivity contribution < 1.29 is 5.11 Å². The smallest absolute Gasteiger partial charge is 0.100 e. The molecule has 1 nitrogen and oxygen atoms in total. The minimum Gasteiger partial charge on any atom is -0.384 e. The first kappa shape index (κ1) is 11.8. The van der Waals surface area contributed by atoms with Gasteiger partial charge in [0.15, 0.2) is 0 Å². The monoisotopic (exact) mass is 258 g/mol. The van der Waals surface area contributed by atoms with Gasteiger partial charge in [-0.05, 0) is 41.2 Å². The first-order valence-corrected chi connectivity index (χ1v) is 6.65. The van der Waals surface area contributed by atoms with Gasteiger partial charge in [0.05, 0.1) is 5.88 Å². The molecule has 0 saturated heterocycles. The minimum absolute atomic E-state index is 0.207. The van der Waals surface area contributed by atoms with Crippen LogP contribution in [0.1, 0.15) is 23.6 Å². The third kappa shape index (κ3) is 1.75. The Morgan fingerprint density at radius 2 is 1.83 bits per heavy atom. The van der Waals surface area contributed by atoms with Gasteiger partial charge in [0.25, 0.3) is 0 Å². The van der Waals surface area contributed by atoms with Crippen LogP contribution in [0, 0.1) is 0 Å². The van der Waals surface area contributed by atoms with Crippen LogP contribution < -0.4 is 0 Å². The third-order valence-corrected chi connectivity index (χ3v) is 4.20. The Bertz CT molecular complexity index is 602. The zero-order valence-corrected chi connectivity index (χ0v) is 11.0. The molecule has 0 aliphatic heterocycles. The van der Waals surface area contributed by atoms with Gasteiger partial charge in [-0.25, -0.2) is 0 Å². The second-order valence-corrected chi connectivity index (χ2v) is 5.38. The van der Waals surface area contributed by atoms with Crippen molar-refractivity contribution in [3.05, 3.63) is 59.2 Å². The highest BCUT2D eigenvalue weighted by Crippen LogP contribution is 2.38. The Kier molecular flexibility index (Phi) is 2.69. The molecule has 0 spiro atoms. The molecule has 2 heteroatoms. The molecule has 1 aliphatic carbocycles. The topological polar surface area (TPSA) is 20.2 Å². The van der Waals surface area contributed by atoms with Crippen LogP contribution in [0.5, 0.6) is 0 Å². The predicted molar refractivity (Wildman–Crippen MR) is 75.0 cm³/mol. The van der Waals surface area contributed by atoms with Gasteiger partial charge in [0.2, 0.25) is 0 Å². The van der Waals surface area contributed by atoms with Crippen LogP contribution in [0.4, 0.5) is 0 Å². The van der Waals surface area contributed by atoms with Crippen LogP contribution in [-0.2, 0) is 12.0 Å². The van der Waals surface area contributed by atoms with Gasteiger partial charge < -0.3 is 5.11 Å². The Hall–Kier alpha value is -1.31. The summed E-state index contributed by atoms with van der Waals surface area (Å²) in [6.07, 6.45) is 0.942. The maximum atomic E-state index is 10.2. The zero-order chi connectivity index (χ0) is 12.8. The van der Waals surface area contributed by atoms with Gasteiger partial charge in [-0.15, -0.1) is 11.6 Å². The van der Waals surface area contributed by atoms with Crippen molar-refractivity contribution in [3.63, 3.8) is 0 Å². The number of hydrogen-bond acceptors (Lipinski definition) is 1. The molecular weight excluding hydrogens is 244 g/mol. The highest BCUT2D eigenvalue weighted by Gasteiger charge is 2.25. The maximum Gasteiger partial charge on any atom is 0.100 e. The van der Waals surface area contributed by atoms with Crippen LogP contribution in [0.25, 0.3) is 11.1 Å². The van der Waals surface area contributed by atoms with Crippen molar-refractivity contribution in [3.8, 4) is 11.1 Å². The van der Waals surface area contributed by atoms with Crippen LogP contribution in [0.2, 0.25) is 0 Å². The summed E-state index contributed by atoms with van der Waals surface area (Å²) in [7, 11) is 0. The molecule has 92 valence electrons. The lowest BCUT2D eigenvalue weighted by molar-refractivity contribution is 0.0824. The molecule has 1 N–H and O–H groups in total. The summed E-state index contributed by atoms with van der Waals surface area (Å²) in [4.78, 5) is 0. The van der Waals surface area contributed by atoms with Crippen molar-refractivity contribution in [2.75, 3.05) is 5.88 Å². The fourth-order valence-corrected chi connectivity index (χ4v) is 2.71. The van der Waals surface area contributed by atoms with E-state index in [1.165, 1.54) is 22.3 Å². The van der Waals surface area contributed by atoms with E-state index in [9.17, 15) is 5.11 Å². The van der Waals surface area contributed by atoms with Crippen molar-refractivity contribution in [2.24, 2.45) is 0 Å². The van der Waals surface area contributed by atoms with Gasteiger partial charge in [0.1, 0.15) is 5.60 Å². The van der Waals surface area contributed by atoms with E-state index in [1.807, 2.05) is 6.07 Å². The first-order chi connectivity index (χ1) is 8.62. The summed E-state index contributed by atoms with van der Waals surface area (Å²) in [6.45, 7) is 1.75. The molecule has 0 amide bonds. The highest BCUT2D eigenvalue weighted by atomic mass is 35.5. The molecule has 3 rings (SSSR count). The summed E-state index contributed by atoms with van der Waals surface area (Å²) in [5, 5.41) is 10.2. The van der Waals surface area contributed by atoms with Crippen molar-refractivity contribution in [1.29, 1.82) is 0 Å². The first-order valence-electron chi connectivity index (χ1n) is 6.12. The molecule has 1 aliphatic rings. The number of hydrogen-bond donors (Lipinski definition) is 1. The van der Waals surface area contributed by atoms with E-state index in [2.05, 4.69) is 36.4 Å². The van der Waals surface area contributed by atoms with E-state index < -0.39 is 5.60 Å². The quantitative estimate of drug-likeness (QED) is 0.695. The number of benzene rings is 2. The second kappa shape index (κ2) is 4.11. The van der Waals surface area contributed by atoms with E-state index in [4.69, 9.17) is 11.6 Å². The third-order valence-electron chi connectivity index (χ3n) is 3.68. The van der Waals surface area contributed by atoms with Crippen LogP contribution >= 0.6 is 11.6 Å². The normalized spacial score (nSPS) is 15.9. The van der Waals surface area contributed by atoms with Crippen molar-refractivity contribution in [2.45, 2.75) is 18.9 Å². The van der Waals surface area contributed by atoms with Crippen molar-refractivity contribution in [1.82, 2.24) is 0 Å². The molecule has 0 aromatic heterocycles. The van der Waals surface area contributed by atoms with E-state index in [0.29, 0.717) is 0 Å². The van der Waals surface area contributed by atoms with Crippen LogP contribution in [0.3, 0.4) is 0 Å². The van der Waals surface area contributed by atoms with E-state index in [-0.39, 0.29) is 5.88 Å². The molecule has 18 heavy (non-hydrogen) atoms. The van der Waals surface area contributed by atoms with Gasteiger partial charge in [-0.3, -0.25) is 0 Å². The van der Waals surface area contributed by atoms with E-state index >= 15 is 0 Å². The van der Waals surface area contributed by atoms with Gasteiger partial charge in [-0.2, -0.15) is 0 Å². The molecule has 0 fully saturated rings. The standard InChI is InChI=1S/C16H15ClO/c1-16(18,10-17)13-6-7-15-12(9-13)8-11-4-2-3-5-14(11)15/h2-7,9,18H,8,10H2,1H3/t16-/m1/s1. The average molecular weight is 259 g/mol. The predicted octanol–water partition coefficient (Wildman–Crippen LogP) is 3.70. The molecular formula is C16H15ClO. The summed E-state index contributed by atoms with van der Waals surface area (Å²) >= 11 is 5.82. The van der Waals surface area contributed by atoms with Gasteiger partial charge >= 0.3 is 0 Å². The van der Waals surface area contributed by atoms with Crippen LogP contribution in [-0.4, -0.2) is 11.0 Å². The molecule has 2 aromatic carbocycles. The summed E-state index contributed by atoms with van der Waals surface area (Å²) < 4.78 is 0. The number of alkyl halides is 1. The van der Waals surface area contributed by atoms with Gasteiger partial charge in [-0.1, -0.05) is 42.5 Å². The fraction of sp³-hybridized carbons (Fsp3) is 0.250. The number of fused-ring (bicyclic) bond motifs is 3. The summed E-state index contributed by atoms with van der Waals surface area (Å²) in [6, 6.07) is 14.6. The molecule has 2 aromatic rings. The highest BCUT2D eigenvalue weighted by molar-refractivity contribution is 6.18. The number of aliphatic hydroxyl groups is 1.